The molecule has 192 valence electrons. The van der Waals surface area contributed by atoms with Crippen LogP contribution >= 0.6 is 0 Å². The minimum Gasteiger partial charge on any atom is -0.489 e. The van der Waals surface area contributed by atoms with Crippen LogP contribution in [0.3, 0.4) is 0 Å². The third kappa shape index (κ3) is 5.14. The van der Waals surface area contributed by atoms with Crippen LogP contribution in [0.1, 0.15) is 64.7 Å². The highest BCUT2D eigenvalue weighted by Gasteiger charge is 2.48. The van der Waals surface area contributed by atoms with Crippen molar-refractivity contribution in [1.82, 2.24) is 10.1 Å². The summed E-state index contributed by atoms with van der Waals surface area (Å²) in [4.78, 5) is 14.4. The molecule has 2 aliphatic carbocycles. The second-order valence-corrected chi connectivity index (χ2v) is 11.0. The molecule has 0 amide bonds. The van der Waals surface area contributed by atoms with E-state index in [2.05, 4.69) is 17.0 Å². The van der Waals surface area contributed by atoms with Gasteiger partial charge in [-0.25, -0.2) is 0 Å². The smallest absolute Gasteiger partial charge is 0.311 e. The number of likely N-dealkylation sites (tertiary alicyclic amines) is 1. The van der Waals surface area contributed by atoms with Crippen molar-refractivity contribution >= 4 is 16.9 Å². The molecule has 8 heteroatoms. The van der Waals surface area contributed by atoms with Crippen LogP contribution in [-0.4, -0.2) is 64.7 Å². The fraction of sp³-hybridized carbons (Fsp3) is 0.704. The molecule has 0 bridgehead atoms. The zero-order valence-electron chi connectivity index (χ0n) is 20.7. The molecule has 1 aliphatic heterocycles. The molecule has 5 rings (SSSR count). The average Bonchev–Trinajstić information content (AvgIpc) is 3.45. The highest BCUT2D eigenvalue weighted by molar-refractivity contribution is 5.88. The number of aliphatic hydroxyl groups excluding tert-OH is 1. The number of piperidine rings is 1. The van der Waals surface area contributed by atoms with Gasteiger partial charge in [-0.2, -0.15) is 0 Å². The molecule has 2 atom stereocenters. The van der Waals surface area contributed by atoms with E-state index in [1.165, 1.54) is 0 Å². The second-order valence-electron chi connectivity index (χ2n) is 11.0. The van der Waals surface area contributed by atoms with E-state index in [9.17, 15) is 15.0 Å². The zero-order chi connectivity index (χ0) is 24.4. The van der Waals surface area contributed by atoms with Crippen molar-refractivity contribution < 1.29 is 29.0 Å². The van der Waals surface area contributed by atoms with Gasteiger partial charge in [-0.3, -0.25) is 4.79 Å². The van der Waals surface area contributed by atoms with E-state index in [4.69, 9.17) is 14.0 Å². The number of aliphatic carboxylic acids is 1. The minimum absolute atomic E-state index is 0.0766. The Morgan fingerprint density at radius 3 is 2.63 bits per heavy atom. The van der Waals surface area contributed by atoms with Crippen molar-refractivity contribution in [2.45, 2.75) is 76.9 Å². The summed E-state index contributed by atoms with van der Waals surface area (Å²) in [6.45, 7) is 5.11. The van der Waals surface area contributed by atoms with Gasteiger partial charge in [-0.15, -0.1) is 0 Å². The van der Waals surface area contributed by atoms with Gasteiger partial charge in [0.05, 0.1) is 24.2 Å². The van der Waals surface area contributed by atoms with Crippen LogP contribution in [0.15, 0.2) is 22.7 Å². The number of hydrogen-bond donors (Lipinski definition) is 2. The average molecular weight is 487 g/mol. The molecule has 1 saturated heterocycles. The van der Waals surface area contributed by atoms with Crippen LogP contribution in [-0.2, 0) is 4.79 Å². The maximum absolute atomic E-state index is 12.1. The maximum atomic E-state index is 12.1. The molecule has 2 heterocycles. The third-order valence-electron chi connectivity index (χ3n) is 8.66. The number of nitrogens with zero attached hydrogens (tertiary/aromatic N) is 2. The number of hydrogen-bond acceptors (Lipinski definition) is 7. The van der Waals surface area contributed by atoms with Gasteiger partial charge in [0.1, 0.15) is 11.1 Å². The van der Waals surface area contributed by atoms with Crippen LogP contribution in [0.2, 0.25) is 0 Å². The van der Waals surface area contributed by atoms with Gasteiger partial charge in [0.25, 0.3) is 5.88 Å². The summed E-state index contributed by atoms with van der Waals surface area (Å²) in [5.41, 5.74) is 0.0586. The lowest BCUT2D eigenvalue weighted by molar-refractivity contribution is -0.152. The molecule has 2 saturated carbocycles. The first kappa shape index (κ1) is 24.4. The van der Waals surface area contributed by atoms with E-state index in [0.29, 0.717) is 30.5 Å². The van der Waals surface area contributed by atoms with E-state index in [1.54, 1.807) is 0 Å². The molecule has 8 nitrogen and oxygen atoms in total. The predicted octanol–water partition coefficient (Wildman–Crippen LogP) is 4.49. The van der Waals surface area contributed by atoms with E-state index in [-0.39, 0.29) is 18.1 Å². The van der Waals surface area contributed by atoms with Crippen LogP contribution in [0.25, 0.3) is 11.0 Å². The van der Waals surface area contributed by atoms with Gasteiger partial charge in [-0.05, 0) is 93.6 Å². The minimum atomic E-state index is -0.631. The number of fused-ring (bicyclic) bond motifs is 1. The van der Waals surface area contributed by atoms with Gasteiger partial charge in [0.15, 0.2) is 5.58 Å². The largest absolute Gasteiger partial charge is 0.489 e. The second kappa shape index (κ2) is 10.3. The molecule has 3 aliphatic rings. The molecular formula is C27H38N2O6. The van der Waals surface area contributed by atoms with Crippen molar-refractivity contribution in [3.8, 4) is 11.6 Å². The summed E-state index contributed by atoms with van der Waals surface area (Å²) in [6.07, 6.45) is 7.82. The monoisotopic (exact) mass is 486 g/mol. The van der Waals surface area contributed by atoms with Crippen LogP contribution in [0.4, 0.5) is 0 Å². The van der Waals surface area contributed by atoms with E-state index < -0.39 is 11.4 Å². The van der Waals surface area contributed by atoms with Gasteiger partial charge in [0.2, 0.25) is 0 Å². The Kier molecular flexibility index (Phi) is 7.21. The molecule has 0 spiro atoms. The lowest BCUT2D eigenvalue weighted by atomic mass is 9.77. The molecule has 2 aromatic rings. The molecule has 1 aromatic heterocycles. The first-order chi connectivity index (χ1) is 16.9. The fourth-order valence-corrected chi connectivity index (χ4v) is 6.25. The lowest BCUT2D eigenvalue weighted by Gasteiger charge is -2.38. The third-order valence-corrected chi connectivity index (χ3v) is 8.66. The van der Waals surface area contributed by atoms with E-state index in [0.717, 1.165) is 82.0 Å². The summed E-state index contributed by atoms with van der Waals surface area (Å²) in [6, 6.07) is 5.70. The van der Waals surface area contributed by atoms with Gasteiger partial charge >= 0.3 is 5.97 Å². The highest BCUT2D eigenvalue weighted by Crippen LogP contribution is 2.44. The Hall–Kier alpha value is -2.32. The Labute approximate surface area is 206 Å². The topological polar surface area (TPSA) is 105 Å². The number of rotatable bonds is 8. The summed E-state index contributed by atoms with van der Waals surface area (Å²) in [5.74, 6) is 1.19. The number of benzene rings is 1. The molecule has 2 unspecified atom stereocenters. The standard InChI is InChI=1S/C27H38N2O6/c1-18-4-3-13-27(18,26(31)32)17-29-14-11-19(12-15-29)16-33-25-24-22(5-2-6-23(24)35-28-25)34-21-9-7-20(30)8-10-21/h2,5-6,18-21,30H,3-4,7-17H2,1H3,(H,31,32)/t18?,20-,21+,27?. The normalized spacial score (nSPS) is 30.5. The number of ether oxygens (including phenoxy) is 2. The van der Waals surface area contributed by atoms with Crippen molar-refractivity contribution in [1.29, 1.82) is 0 Å². The van der Waals surface area contributed by atoms with E-state index in [1.807, 2.05) is 18.2 Å². The number of aliphatic hydroxyl groups is 1. The summed E-state index contributed by atoms with van der Waals surface area (Å²) < 4.78 is 17.9. The Balaban J connectivity index is 1.17. The first-order valence-electron chi connectivity index (χ1n) is 13.3. The summed E-state index contributed by atoms with van der Waals surface area (Å²) in [7, 11) is 0. The first-order valence-corrected chi connectivity index (χ1v) is 13.3. The SMILES string of the molecule is CC1CCCC1(CN1CCC(COc2noc3cccc(O[C@H]4CC[C@@H](O)CC4)c23)CC1)C(=O)O. The summed E-state index contributed by atoms with van der Waals surface area (Å²) in [5, 5.41) is 24.7. The van der Waals surface area contributed by atoms with Crippen LogP contribution in [0, 0.1) is 17.3 Å². The van der Waals surface area contributed by atoms with Crippen molar-refractivity contribution in [2.24, 2.45) is 17.3 Å². The molecule has 3 fully saturated rings. The number of carboxylic acid groups (broad SMARTS) is 1. The molecule has 0 radical (unpaired) electrons. The quantitative estimate of drug-likeness (QED) is 0.562. The molecule has 1 aromatic carbocycles. The molecular weight excluding hydrogens is 448 g/mol. The van der Waals surface area contributed by atoms with Crippen molar-refractivity contribution in [3.63, 3.8) is 0 Å². The highest BCUT2D eigenvalue weighted by atomic mass is 16.5. The Morgan fingerprint density at radius 2 is 1.94 bits per heavy atom. The summed E-state index contributed by atoms with van der Waals surface area (Å²) >= 11 is 0. The van der Waals surface area contributed by atoms with Crippen LogP contribution < -0.4 is 9.47 Å². The lowest BCUT2D eigenvalue weighted by Crippen LogP contribution is -2.47. The van der Waals surface area contributed by atoms with Crippen molar-refractivity contribution in [2.75, 3.05) is 26.2 Å². The number of carboxylic acids is 1. The van der Waals surface area contributed by atoms with E-state index >= 15 is 0 Å². The zero-order valence-corrected chi connectivity index (χ0v) is 20.7. The number of carbonyl (C=O) groups is 1. The maximum Gasteiger partial charge on any atom is 0.311 e. The van der Waals surface area contributed by atoms with Gasteiger partial charge in [-0.1, -0.05) is 19.4 Å². The molecule has 2 N–H and O–H groups in total. The van der Waals surface area contributed by atoms with Gasteiger partial charge < -0.3 is 29.1 Å². The van der Waals surface area contributed by atoms with Gasteiger partial charge in [0, 0.05) is 6.54 Å². The Morgan fingerprint density at radius 1 is 1.17 bits per heavy atom. The predicted molar refractivity (Wildman–Crippen MR) is 131 cm³/mol. The fourth-order valence-electron chi connectivity index (χ4n) is 6.25. The van der Waals surface area contributed by atoms with Crippen molar-refractivity contribution in [3.05, 3.63) is 18.2 Å². The Bertz CT molecular complexity index is 1010. The number of aromatic nitrogens is 1. The van der Waals surface area contributed by atoms with Crippen LogP contribution in [0.5, 0.6) is 11.6 Å². The molecule has 35 heavy (non-hydrogen) atoms.